The van der Waals surface area contributed by atoms with Gasteiger partial charge in [0.25, 0.3) is 5.91 Å². The Morgan fingerprint density at radius 3 is 2.64 bits per heavy atom. The van der Waals surface area contributed by atoms with Gasteiger partial charge in [0.2, 0.25) is 11.9 Å². The lowest BCUT2D eigenvalue weighted by molar-refractivity contribution is -0.137. The van der Waals surface area contributed by atoms with Crippen LogP contribution in [0.3, 0.4) is 0 Å². The molecule has 13 heteroatoms. The fourth-order valence-corrected chi connectivity index (χ4v) is 4.44. The molecule has 0 fully saturated rings. The summed E-state index contributed by atoms with van der Waals surface area (Å²) in [5, 5.41) is 7.17. The summed E-state index contributed by atoms with van der Waals surface area (Å²) >= 11 is 1.30. The highest BCUT2D eigenvalue weighted by Crippen LogP contribution is 2.32. The minimum absolute atomic E-state index is 0.169. The lowest BCUT2D eigenvalue weighted by atomic mass is 9.98. The average molecular weight is 552 g/mol. The van der Waals surface area contributed by atoms with Crippen LogP contribution in [0.1, 0.15) is 40.2 Å². The van der Waals surface area contributed by atoms with Crippen LogP contribution < -0.4 is 10.6 Å². The van der Waals surface area contributed by atoms with Crippen LogP contribution in [0.2, 0.25) is 0 Å². The third kappa shape index (κ3) is 5.77. The molecule has 0 radical (unpaired) electrons. The maximum atomic E-state index is 13.2. The van der Waals surface area contributed by atoms with Gasteiger partial charge in [-0.1, -0.05) is 18.2 Å². The van der Waals surface area contributed by atoms with Crippen molar-refractivity contribution in [1.29, 1.82) is 0 Å². The van der Waals surface area contributed by atoms with Gasteiger partial charge in [-0.05, 0) is 36.8 Å². The number of fused-ring (bicyclic) bond motifs is 1. The summed E-state index contributed by atoms with van der Waals surface area (Å²) < 4.78 is 41.3. The number of imidazole rings is 1. The van der Waals surface area contributed by atoms with Gasteiger partial charge in [-0.25, -0.2) is 9.97 Å². The van der Waals surface area contributed by atoms with Crippen LogP contribution >= 0.6 is 11.3 Å². The summed E-state index contributed by atoms with van der Waals surface area (Å²) in [4.78, 5) is 42.6. The Balaban J connectivity index is 1.47. The zero-order chi connectivity index (χ0) is 27.6. The molecule has 0 aliphatic rings. The number of thiazole rings is 1. The van der Waals surface area contributed by atoms with E-state index in [1.54, 1.807) is 39.9 Å². The summed E-state index contributed by atoms with van der Waals surface area (Å²) in [6.45, 7) is 1.70. The van der Waals surface area contributed by atoms with Crippen LogP contribution in [0, 0.1) is 0 Å². The van der Waals surface area contributed by atoms with Crippen molar-refractivity contribution in [3.63, 3.8) is 0 Å². The molecule has 5 rings (SSSR count). The number of anilines is 2. The van der Waals surface area contributed by atoms with Gasteiger partial charge in [0.1, 0.15) is 5.69 Å². The molecular formula is C26H20F3N7O2S. The molecule has 3 heterocycles. The van der Waals surface area contributed by atoms with E-state index in [1.165, 1.54) is 42.8 Å². The molecule has 3 aromatic heterocycles. The molecule has 2 amide bonds. The molecule has 39 heavy (non-hydrogen) atoms. The van der Waals surface area contributed by atoms with Crippen LogP contribution in [0.15, 0.2) is 71.9 Å². The number of rotatable bonds is 7. The molecule has 0 saturated carbocycles. The van der Waals surface area contributed by atoms with Crippen molar-refractivity contribution in [3.8, 4) is 0 Å². The first-order valence-electron chi connectivity index (χ1n) is 11.6. The molecule has 0 aliphatic carbocycles. The van der Waals surface area contributed by atoms with Crippen molar-refractivity contribution in [3.05, 3.63) is 94.5 Å². The Bertz CT molecular complexity index is 1640. The molecular weight excluding hydrogens is 531 g/mol. The van der Waals surface area contributed by atoms with Gasteiger partial charge in [-0.2, -0.15) is 13.2 Å². The van der Waals surface area contributed by atoms with Crippen LogP contribution in [0.5, 0.6) is 0 Å². The zero-order valence-electron chi connectivity index (χ0n) is 20.3. The maximum Gasteiger partial charge on any atom is 0.416 e. The van der Waals surface area contributed by atoms with E-state index >= 15 is 0 Å². The van der Waals surface area contributed by atoms with Crippen LogP contribution in [0.25, 0.3) is 11.0 Å². The van der Waals surface area contributed by atoms with E-state index in [0.717, 1.165) is 12.1 Å². The van der Waals surface area contributed by atoms with Gasteiger partial charge in [-0.3, -0.25) is 24.9 Å². The third-order valence-electron chi connectivity index (χ3n) is 5.95. The second kappa shape index (κ2) is 10.6. The normalized spacial score (nSPS) is 12.3. The summed E-state index contributed by atoms with van der Waals surface area (Å²) in [6, 6.07) is 9.72. The molecule has 0 saturated heterocycles. The van der Waals surface area contributed by atoms with Gasteiger partial charge in [0.15, 0.2) is 0 Å². The first kappa shape index (κ1) is 26.0. The highest BCUT2D eigenvalue weighted by molar-refractivity contribution is 7.07. The lowest BCUT2D eigenvalue weighted by Gasteiger charge is -2.15. The van der Waals surface area contributed by atoms with Gasteiger partial charge in [-0.15, -0.1) is 11.3 Å². The van der Waals surface area contributed by atoms with Crippen LogP contribution in [-0.2, 0) is 17.5 Å². The number of amides is 2. The molecule has 198 valence electrons. The number of carbonyl (C=O) groups excluding carboxylic acids is 2. The number of halogens is 3. The number of alkyl halides is 3. The fourth-order valence-electron chi connectivity index (χ4n) is 3.90. The minimum Gasteiger partial charge on any atom is -0.321 e. The predicted octanol–water partition coefficient (Wildman–Crippen LogP) is 5.34. The molecule has 2 N–H and O–H groups in total. The van der Waals surface area contributed by atoms with Crippen molar-refractivity contribution in [2.24, 2.45) is 0 Å². The van der Waals surface area contributed by atoms with Gasteiger partial charge >= 0.3 is 6.18 Å². The smallest absolute Gasteiger partial charge is 0.321 e. The molecule has 5 aromatic rings. The first-order chi connectivity index (χ1) is 18.7. The molecule has 2 aromatic carbocycles. The predicted molar refractivity (Wildman–Crippen MR) is 139 cm³/mol. The Hall–Kier alpha value is -4.65. The van der Waals surface area contributed by atoms with Crippen molar-refractivity contribution in [1.82, 2.24) is 24.5 Å². The first-order valence-corrected chi connectivity index (χ1v) is 12.6. The fraction of sp³-hybridized carbons (Fsp3) is 0.154. The van der Waals surface area contributed by atoms with E-state index < -0.39 is 23.6 Å². The van der Waals surface area contributed by atoms with Gasteiger partial charge in [0, 0.05) is 23.5 Å². The van der Waals surface area contributed by atoms with Crippen LogP contribution in [-0.4, -0.2) is 36.3 Å². The Morgan fingerprint density at radius 2 is 1.92 bits per heavy atom. The number of carbonyl (C=O) groups is 2. The number of nitrogens with zero attached hydrogens (tertiary/aromatic N) is 5. The molecule has 9 nitrogen and oxygen atoms in total. The van der Waals surface area contributed by atoms with E-state index in [1.807, 2.05) is 0 Å². The zero-order valence-corrected chi connectivity index (χ0v) is 21.1. The van der Waals surface area contributed by atoms with Crippen molar-refractivity contribution < 1.29 is 22.8 Å². The molecule has 1 atom stereocenters. The number of benzene rings is 2. The maximum absolute atomic E-state index is 13.2. The van der Waals surface area contributed by atoms with Gasteiger partial charge in [0.05, 0.1) is 46.5 Å². The summed E-state index contributed by atoms with van der Waals surface area (Å²) in [5.41, 5.74) is 3.39. The quantitative estimate of drug-likeness (QED) is 0.282. The van der Waals surface area contributed by atoms with Crippen molar-refractivity contribution in [2.45, 2.75) is 25.6 Å². The second-order valence-corrected chi connectivity index (χ2v) is 9.30. The van der Waals surface area contributed by atoms with Crippen molar-refractivity contribution >= 4 is 45.8 Å². The van der Waals surface area contributed by atoms with E-state index in [-0.39, 0.29) is 29.7 Å². The summed E-state index contributed by atoms with van der Waals surface area (Å²) in [6.07, 6.45) is 0.100. The van der Waals surface area contributed by atoms with Crippen LogP contribution in [0.4, 0.5) is 24.8 Å². The largest absolute Gasteiger partial charge is 0.416 e. The minimum atomic E-state index is -4.52. The third-order valence-corrected chi connectivity index (χ3v) is 6.54. The van der Waals surface area contributed by atoms with E-state index in [9.17, 15) is 22.8 Å². The highest BCUT2D eigenvalue weighted by Gasteiger charge is 2.31. The van der Waals surface area contributed by atoms with E-state index in [2.05, 4.69) is 30.6 Å². The number of aromatic nitrogens is 5. The van der Waals surface area contributed by atoms with E-state index in [4.69, 9.17) is 0 Å². The SMILES string of the molecule is CC(C(=O)Nc1nc2ccc(NC(=O)c3cscn3)cc2n1Cc1cnccn1)c1cccc(C(F)(F)F)c1. The number of hydrogen-bond donors (Lipinski definition) is 2. The number of hydrogen-bond acceptors (Lipinski definition) is 7. The average Bonchev–Trinajstić information content (AvgIpc) is 3.57. The Morgan fingerprint density at radius 1 is 1.08 bits per heavy atom. The monoisotopic (exact) mass is 551 g/mol. The van der Waals surface area contributed by atoms with Gasteiger partial charge < -0.3 is 9.88 Å². The van der Waals surface area contributed by atoms with Crippen molar-refractivity contribution in [2.75, 3.05) is 10.6 Å². The second-order valence-electron chi connectivity index (χ2n) is 8.58. The lowest BCUT2D eigenvalue weighted by Crippen LogP contribution is -2.22. The Kier molecular flexibility index (Phi) is 7.07. The molecule has 1 unspecified atom stereocenters. The molecule has 0 aliphatic heterocycles. The number of nitrogens with one attached hydrogen (secondary N) is 2. The standard InChI is InChI=1S/C26H20F3N7O2S/c1-15(16-3-2-4-17(9-16)26(27,28)29)23(37)35-25-34-20-6-5-18(33-24(38)21-13-39-14-32-21)10-22(20)36(25)12-19-11-30-7-8-31-19/h2-11,13-15H,12H2,1H3,(H,33,38)(H,34,35,37). The molecule has 0 bridgehead atoms. The van der Waals surface area contributed by atoms with E-state index in [0.29, 0.717) is 22.4 Å². The topological polar surface area (TPSA) is 115 Å². The highest BCUT2D eigenvalue weighted by atomic mass is 32.1. The summed E-state index contributed by atoms with van der Waals surface area (Å²) in [7, 11) is 0. The summed E-state index contributed by atoms with van der Waals surface area (Å²) in [5.74, 6) is -1.64. The molecule has 0 spiro atoms. The Labute approximate surface area is 223 Å².